The van der Waals surface area contributed by atoms with Crippen molar-refractivity contribution in [3.8, 4) is 5.75 Å². The molecular weight excluding hydrogens is 442 g/mol. The lowest BCUT2D eigenvalue weighted by Crippen LogP contribution is -2.43. The van der Waals surface area contributed by atoms with Crippen LogP contribution in [0.5, 0.6) is 5.75 Å². The molecule has 1 unspecified atom stereocenters. The molecule has 2 aromatic carbocycles. The van der Waals surface area contributed by atoms with Crippen molar-refractivity contribution in [2.45, 2.75) is 24.7 Å². The lowest BCUT2D eigenvalue weighted by molar-refractivity contribution is -0.121. The Kier molecular flexibility index (Phi) is 7.19. The summed E-state index contributed by atoms with van der Waals surface area (Å²) < 4.78 is 32.9. The van der Waals surface area contributed by atoms with Gasteiger partial charge in [-0.1, -0.05) is 11.6 Å². The van der Waals surface area contributed by atoms with Gasteiger partial charge in [-0.25, -0.2) is 8.42 Å². The zero-order chi connectivity index (χ0) is 22.6. The maximum Gasteiger partial charge on any atom is 0.246 e. The number of hydrogen-bond acceptors (Lipinski definition) is 5. The van der Waals surface area contributed by atoms with E-state index in [0.29, 0.717) is 30.8 Å². The summed E-state index contributed by atoms with van der Waals surface area (Å²) in [6.07, 6.45) is 1.14. The summed E-state index contributed by atoms with van der Waals surface area (Å²) in [5, 5.41) is 5.76. The fourth-order valence-electron chi connectivity index (χ4n) is 3.45. The molecule has 2 amide bonds. The number of nitrogens with zero attached hydrogens (tertiary/aromatic N) is 1. The molecule has 3 rings (SSSR count). The Morgan fingerprint density at radius 2 is 1.74 bits per heavy atom. The van der Waals surface area contributed by atoms with E-state index in [0.717, 1.165) is 0 Å². The van der Waals surface area contributed by atoms with E-state index in [2.05, 4.69) is 10.6 Å². The van der Waals surface area contributed by atoms with Gasteiger partial charge < -0.3 is 15.4 Å². The first-order valence-corrected chi connectivity index (χ1v) is 11.5. The third-order valence-corrected chi connectivity index (χ3v) is 7.09. The molecule has 1 aliphatic rings. The van der Waals surface area contributed by atoms with Gasteiger partial charge in [0.25, 0.3) is 0 Å². The van der Waals surface area contributed by atoms with Crippen LogP contribution in [0, 0.1) is 5.92 Å². The number of carbonyl (C=O) groups excluding carboxylic acids is 2. The van der Waals surface area contributed by atoms with Gasteiger partial charge in [-0.2, -0.15) is 4.31 Å². The first kappa shape index (κ1) is 23.1. The van der Waals surface area contributed by atoms with E-state index in [9.17, 15) is 18.0 Å². The number of amides is 2. The summed E-state index contributed by atoms with van der Waals surface area (Å²) >= 11 is 6.00. The fraction of sp³-hybridized carbons (Fsp3) is 0.333. The molecule has 1 heterocycles. The minimum absolute atomic E-state index is 0.0166. The molecule has 31 heavy (non-hydrogen) atoms. The van der Waals surface area contributed by atoms with Crippen LogP contribution in [0.3, 0.4) is 0 Å². The molecule has 1 aliphatic heterocycles. The molecule has 1 atom stereocenters. The third kappa shape index (κ3) is 5.55. The van der Waals surface area contributed by atoms with Crippen molar-refractivity contribution >= 4 is 44.8 Å². The Morgan fingerprint density at radius 3 is 2.35 bits per heavy atom. The highest BCUT2D eigenvalue weighted by Gasteiger charge is 2.35. The summed E-state index contributed by atoms with van der Waals surface area (Å²) in [5.74, 6) is -0.735. The first-order chi connectivity index (χ1) is 14.7. The normalized spacial score (nSPS) is 17.1. The monoisotopic (exact) mass is 465 g/mol. The number of sulfonamides is 1. The molecule has 2 aromatic rings. The Hall–Kier alpha value is -2.62. The van der Waals surface area contributed by atoms with E-state index in [1.54, 1.807) is 30.3 Å². The SMILES string of the molecule is COc1ccc(Cl)cc1S(=O)(=O)N1CCCC(C(=O)Nc2ccc(NC(C)=O)cc2)C1. The molecule has 10 heteroatoms. The van der Waals surface area contributed by atoms with Gasteiger partial charge in [-0.05, 0) is 55.3 Å². The van der Waals surface area contributed by atoms with Crippen LogP contribution in [-0.4, -0.2) is 44.7 Å². The third-order valence-electron chi connectivity index (χ3n) is 4.97. The van der Waals surface area contributed by atoms with Crippen molar-refractivity contribution in [2.24, 2.45) is 5.92 Å². The van der Waals surface area contributed by atoms with Gasteiger partial charge in [0.1, 0.15) is 10.6 Å². The second-order valence-electron chi connectivity index (χ2n) is 7.25. The second-order valence-corrected chi connectivity index (χ2v) is 9.59. The average molecular weight is 466 g/mol. The quantitative estimate of drug-likeness (QED) is 0.680. The number of nitrogens with one attached hydrogen (secondary N) is 2. The molecule has 166 valence electrons. The number of halogens is 1. The van der Waals surface area contributed by atoms with Crippen LogP contribution in [0.2, 0.25) is 5.02 Å². The maximum atomic E-state index is 13.2. The van der Waals surface area contributed by atoms with Crippen molar-refractivity contribution in [1.29, 1.82) is 0 Å². The molecule has 0 radical (unpaired) electrons. The van der Waals surface area contributed by atoms with Crippen molar-refractivity contribution < 1.29 is 22.7 Å². The number of carbonyl (C=O) groups is 2. The van der Waals surface area contributed by atoms with Gasteiger partial charge in [0.05, 0.1) is 13.0 Å². The Morgan fingerprint density at radius 1 is 1.10 bits per heavy atom. The fourth-order valence-corrected chi connectivity index (χ4v) is 5.39. The van der Waals surface area contributed by atoms with E-state index < -0.39 is 15.9 Å². The Labute approximate surface area is 186 Å². The van der Waals surface area contributed by atoms with Crippen LogP contribution >= 0.6 is 11.6 Å². The summed E-state index contributed by atoms with van der Waals surface area (Å²) in [7, 11) is -2.49. The number of anilines is 2. The highest BCUT2D eigenvalue weighted by atomic mass is 35.5. The predicted octanol–water partition coefficient (Wildman–Crippen LogP) is 3.35. The van der Waals surface area contributed by atoms with Gasteiger partial charge in [0.2, 0.25) is 21.8 Å². The average Bonchev–Trinajstić information content (AvgIpc) is 2.74. The van der Waals surface area contributed by atoms with Crippen LogP contribution < -0.4 is 15.4 Å². The van der Waals surface area contributed by atoms with Gasteiger partial charge in [0, 0.05) is 36.4 Å². The number of methoxy groups -OCH3 is 1. The molecule has 0 aromatic heterocycles. The van der Waals surface area contributed by atoms with Crippen molar-refractivity contribution in [2.75, 3.05) is 30.8 Å². The highest BCUT2D eigenvalue weighted by Crippen LogP contribution is 2.32. The summed E-state index contributed by atoms with van der Waals surface area (Å²) in [6, 6.07) is 11.1. The van der Waals surface area contributed by atoms with Crippen LogP contribution in [-0.2, 0) is 19.6 Å². The molecule has 0 aliphatic carbocycles. The van der Waals surface area contributed by atoms with E-state index in [-0.39, 0.29) is 34.0 Å². The number of rotatable bonds is 6. The molecule has 0 saturated carbocycles. The van der Waals surface area contributed by atoms with Gasteiger partial charge in [-0.3, -0.25) is 9.59 Å². The highest BCUT2D eigenvalue weighted by molar-refractivity contribution is 7.89. The van der Waals surface area contributed by atoms with Gasteiger partial charge in [0.15, 0.2) is 0 Å². The predicted molar refractivity (Wildman–Crippen MR) is 119 cm³/mol. The first-order valence-electron chi connectivity index (χ1n) is 9.73. The number of benzene rings is 2. The van der Waals surface area contributed by atoms with Crippen LogP contribution in [0.1, 0.15) is 19.8 Å². The minimum Gasteiger partial charge on any atom is -0.495 e. The van der Waals surface area contributed by atoms with E-state index in [1.165, 1.54) is 30.5 Å². The van der Waals surface area contributed by atoms with E-state index in [1.807, 2.05) is 0 Å². The molecule has 1 fully saturated rings. The van der Waals surface area contributed by atoms with Crippen LogP contribution in [0.4, 0.5) is 11.4 Å². The van der Waals surface area contributed by atoms with Crippen molar-refractivity contribution in [3.63, 3.8) is 0 Å². The largest absolute Gasteiger partial charge is 0.495 e. The van der Waals surface area contributed by atoms with Gasteiger partial charge >= 0.3 is 0 Å². The molecule has 0 spiro atoms. The van der Waals surface area contributed by atoms with Crippen molar-refractivity contribution in [3.05, 3.63) is 47.5 Å². The van der Waals surface area contributed by atoms with Crippen LogP contribution in [0.15, 0.2) is 47.4 Å². The number of hydrogen-bond donors (Lipinski definition) is 2. The number of piperidine rings is 1. The molecule has 1 saturated heterocycles. The van der Waals surface area contributed by atoms with E-state index in [4.69, 9.17) is 16.3 Å². The smallest absolute Gasteiger partial charge is 0.246 e. The van der Waals surface area contributed by atoms with E-state index >= 15 is 0 Å². The maximum absolute atomic E-state index is 13.2. The lowest BCUT2D eigenvalue weighted by atomic mass is 9.98. The van der Waals surface area contributed by atoms with Crippen LogP contribution in [0.25, 0.3) is 0 Å². The summed E-state index contributed by atoms with van der Waals surface area (Å²) in [6.45, 7) is 1.79. The summed E-state index contributed by atoms with van der Waals surface area (Å²) in [4.78, 5) is 23.9. The molecular formula is C21H24ClN3O5S. The van der Waals surface area contributed by atoms with Gasteiger partial charge in [-0.15, -0.1) is 0 Å². The molecule has 8 nitrogen and oxygen atoms in total. The zero-order valence-electron chi connectivity index (χ0n) is 17.2. The second kappa shape index (κ2) is 9.67. The zero-order valence-corrected chi connectivity index (χ0v) is 18.8. The minimum atomic E-state index is -3.88. The van der Waals surface area contributed by atoms with Crippen molar-refractivity contribution in [1.82, 2.24) is 4.31 Å². The molecule has 0 bridgehead atoms. The topological polar surface area (TPSA) is 105 Å². The molecule has 2 N–H and O–H groups in total. The Bertz CT molecular complexity index is 1070. The Balaban J connectivity index is 1.72. The standard InChI is InChI=1S/C21H24ClN3O5S/c1-14(26)23-17-6-8-18(9-7-17)24-21(27)15-4-3-11-25(13-15)31(28,29)20-12-16(22)5-10-19(20)30-2/h5-10,12,15H,3-4,11,13H2,1-2H3,(H,23,26)(H,24,27). The lowest BCUT2D eigenvalue weighted by Gasteiger charge is -2.31. The number of ether oxygens (including phenoxy) is 1. The summed E-state index contributed by atoms with van der Waals surface area (Å²) in [5.41, 5.74) is 1.19.